The van der Waals surface area contributed by atoms with Crippen molar-refractivity contribution < 1.29 is 13.7 Å². The fraction of sp³-hybridized carbons (Fsp3) is 0.692. The normalized spacial score (nSPS) is 13.0. The molecule has 0 saturated heterocycles. The van der Waals surface area contributed by atoms with Gasteiger partial charge in [-0.1, -0.05) is 0 Å². The fourth-order valence-corrected chi connectivity index (χ4v) is 2.15. The highest BCUT2D eigenvalue weighted by molar-refractivity contribution is 7.84. The van der Waals surface area contributed by atoms with Gasteiger partial charge >= 0.3 is 6.09 Å². The van der Waals surface area contributed by atoms with E-state index in [1.54, 1.807) is 18.8 Å². The summed E-state index contributed by atoms with van der Waals surface area (Å²) in [4.78, 5) is 15.6. The molecule has 6 nitrogen and oxygen atoms in total. The van der Waals surface area contributed by atoms with Crippen LogP contribution < -0.4 is 5.32 Å². The van der Waals surface area contributed by atoms with Crippen LogP contribution >= 0.6 is 0 Å². The number of amides is 1. The molecule has 20 heavy (non-hydrogen) atoms. The van der Waals surface area contributed by atoms with Crippen molar-refractivity contribution in [1.29, 1.82) is 0 Å². The van der Waals surface area contributed by atoms with Gasteiger partial charge in [0, 0.05) is 35.5 Å². The van der Waals surface area contributed by atoms with Gasteiger partial charge in [0.25, 0.3) is 0 Å². The standard InChI is InChI=1S/C13H23N3O3S/c1-13(2,3)19-12(17)15-9-11-8-14-10-16(11)6-5-7-20(4)18/h8,10H,5-7,9H2,1-4H3,(H,15,17). The van der Waals surface area contributed by atoms with Crippen LogP contribution in [0.3, 0.4) is 0 Å². The first-order valence-electron chi connectivity index (χ1n) is 6.54. The zero-order chi connectivity index (χ0) is 15.2. The fourth-order valence-electron chi connectivity index (χ4n) is 1.61. The zero-order valence-corrected chi connectivity index (χ0v) is 13.3. The van der Waals surface area contributed by atoms with E-state index in [-0.39, 0.29) is 0 Å². The van der Waals surface area contributed by atoms with Crippen molar-refractivity contribution in [3.05, 3.63) is 18.2 Å². The Morgan fingerprint density at radius 2 is 2.20 bits per heavy atom. The molecule has 114 valence electrons. The largest absolute Gasteiger partial charge is 0.444 e. The Hall–Kier alpha value is -1.37. The van der Waals surface area contributed by atoms with E-state index in [1.165, 1.54) is 0 Å². The number of alkyl carbamates (subject to hydrolysis) is 1. The Balaban J connectivity index is 2.43. The number of ether oxygens (including phenoxy) is 1. The van der Waals surface area contributed by atoms with Crippen LogP contribution in [0.5, 0.6) is 0 Å². The second kappa shape index (κ2) is 7.42. The van der Waals surface area contributed by atoms with Gasteiger partial charge in [-0.15, -0.1) is 0 Å². The molecule has 7 heteroatoms. The highest BCUT2D eigenvalue weighted by atomic mass is 32.2. The second-order valence-electron chi connectivity index (χ2n) is 5.56. The third-order valence-electron chi connectivity index (χ3n) is 2.44. The van der Waals surface area contributed by atoms with Gasteiger partial charge in [-0.25, -0.2) is 9.78 Å². The molecular weight excluding hydrogens is 278 g/mol. The molecular formula is C13H23N3O3S. The van der Waals surface area contributed by atoms with E-state index in [1.807, 2.05) is 25.3 Å². The summed E-state index contributed by atoms with van der Waals surface area (Å²) in [6.45, 7) is 6.57. The third-order valence-corrected chi connectivity index (χ3v) is 3.31. The van der Waals surface area contributed by atoms with Gasteiger partial charge in [0.1, 0.15) is 5.60 Å². The summed E-state index contributed by atoms with van der Waals surface area (Å²) < 4.78 is 18.1. The lowest BCUT2D eigenvalue weighted by Gasteiger charge is -2.19. The first kappa shape index (κ1) is 16.7. The number of carbonyl (C=O) groups is 1. The number of carbonyl (C=O) groups excluding carboxylic acids is 1. The van der Waals surface area contributed by atoms with E-state index < -0.39 is 22.5 Å². The Kier molecular flexibility index (Phi) is 6.19. The Morgan fingerprint density at radius 3 is 2.80 bits per heavy atom. The third kappa shape index (κ3) is 6.70. The molecule has 1 aromatic heterocycles. The molecule has 1 rings (SSSR count). The van der Waals surface area contributed by atoms with Crippen LogP contribution in [0.4, 0.5) is 4.79 Å². The molecule has 1 N–H and O–H groups in total. The maximum Gasteiger partial charge on any atom is 0.407 e. The zero-order valence-electron chi connectivity index (χ0n) is 12.5. The molecule has 1 aromatic rings. The van der Waals surface area contributed by atoms with E-state index in [4.69, 9.17) is 4.74 Å². The summed E-state index contributed by atoms with van der Waals surface area (Å²) >= 11 is 0. The van der Waals surface area contributed by atoms with Crippen LogP contribution in [-0.2, 0) is 28.6 Å². The smallest absolute Gasteiger partial charge is 0.407 e. The minimum absolute atomic E-state index is 0.365. The molecule has 0 radical (unpaired) electrons. The number of aryl methyl sites for hydroxylation is 1. The number of imidazole rings is 1. The number of nitrogens with one attached hydrogen (secondary N) is 1. The number of nitrogens with zero attached hydrogens (tertiary/aromatic N) is 2. The SMILES string of the molecule is CS(=O)CCCn1cncc1CNC(=O)OC(C)(C)C. The molecule has 0 aliphatic carbocycles. The number of hydrogen-bond acceptors (Lipinski definition) is 4. The average molecular weight is 301 g/mol. The predicted molar refractivity (Wildman–Crippen MR) is 78.9 cm³/mol. The van der Waals surface area contributed by atoms with Crippen LogP contribution in [0.2, 0.25) is 0 Å². The Morgan fingerprint density at radius 1 is 1.50 bits per heavy atom. The van der Waals surface area contributed by atoms with Gasteiger partial charge in [0.05, 0.1) is 18.6 Å². The molecule has 0 bridgehead atoms. The summed E-state index contributed by atoms with van der Waals surface area (Å²) in [5.74, 6) is 0.664. The first-order chi connectivity index (χ1) is 9.28. The Bertz CT molecular complexity index is 466. The number of aromatic nitrogens is 2. The van der Waals surface area contributed by atoms with Crippen LogP contribution in [0, 0.1) is 0 Å². The van der Waals surface area contributed by atoms with Crippen molar-refractivity contribution in [2.45, 2.75) is 45.9 Å². The molecule has 0 aromatic carbocycles. The van der Waals surface area contributed by atoms with Crippen molar-refractivity contribution in [2.24, 2.45) is 0 Å². The maximum atomic E-state index is 11.6. The highest BCUT2D eigenvalue weighted by Gasteiger charge is 2.16. The predicted octanol–water partition coefficient (Wildman–Crippen LogP) is 1.68. The van der Waals surface area contributed by atoms with Gasteiger partial charge in [-0.3, -0.25) is 4.21 Å². The quantitative estimate of drug-likeness (QED) is 0.867. The van der Waals surface area contributed by atoms with Crippen LogP contribution in [0.15, 0.2) is 12.5 Å². The minimum atomic E-state index is -0.780. The average Bonchev–Trinajstić information content (AvgIpc) is 2.71. The highest BCUT2D eigenvalue weighted by Crippen LogP contribution is 2.07. The lowest BCUT2D eigenvalue weighted by molar-refractivity contribution is 0.0522. The maximum absolute atomic E-state index is 11.6. The lowest BCUT2D eigenvalue weighted by Crippen LogP contribution is -2.32. The van der Waals surface area contributed by atoms with Crippen LogP contribution in [0.25, 0.3) is 0 Å². The van der Waals surface area contributed by atoms with Gasteiger partial charge in [0.2, 0.25) is 0 Å². The molecule has 0 fully saturated rings. The molecule has 0 aliphatic heterocycles. The number of rotatable bonds is 6. The summed E-state index contributed by atoms with van der Waals surface area (Å²) in [6.07, 6.45) is 5.49. The minimum Gasteiger partial charge on any atom is -0.444 e. The number of hydrogen-bond donors (Lipinski definition) is 1. The Labute approximate surface area is 122 Å². The molecule has 1 amide bonds. The van der Waals surface area contributed by atoms with E-state index in [2.05, 4.69) is 10.3 Å². The van der Waals surface area contributed by atoms with Crippen molar-refractivity contribution in [2.75, 3.05) is 12.0 Å². The van der Waals surface area contributed by atoms with Gasteiger partial charge in [-0.05, 0) is 27.2 Å². The topological polar surface area (TPSA) is 73.2 Å². The monoisotopic (exact) mass is 301 g/mol. The van der Waals surface area contributed by atoms with E-state index >= 15 is 0 Å². The van der Waals surface area contributed by atoms with Gasteiger partial charge < -0.3 is 14.6 Å². The van der Waals surface area contributed by atoms with Crippen LogP contribution in [0.1, 0.15) is 32.9 Å². The molecule has 0 spiro atoms. The van der Waals surface area contributed by atoms with E-state index in [0.717, 1.165) is 18.7 Å². The van der Waals surface area contributed by atoms with Gasteiger partial charge in [-0.2, -0.15) is 0 Å². The molecule has 1 unspecified atom stereocenters. The summed E-state index contributed by atoms with van der Waals surface area (Å²) in [5.41, 5.74) is 0.396. The van der Waals surface area contributed by atoms with Gasteiger partial charge in [0.15, 0.2) is 0 Å². The van der Waals surface area contributed by atoms with Crippen LogP contribution in [-0.4, -0.2) is 37.5 Å². The molecule has 0 saturated carbocycles. The van der Waals surface area contributed by atoms with Crippen molar-refractivity contribution in [3.63, 3.8) is 0 Å². The molecule has 0 aliphatic rings. The van der Waals surface area contributed by atoms with E-state index in [0.29, 0.717) is 12.3 Å². The van der Waals surface area contributed by atoms with Crippen molar-refractivity contribution in [3.8, 4) is 0 Å². The van der Waals surface area contributed by atoms with Crippen molar-refractivity contribution in [1.82, 2.24) is 14.9 Å². The summed E-state index contributed by atoms with van der Waals surface area (Å²) in [5, 5.41) is 2.70. The molecule has 1 heterocycles. The molecule has 1 atom stereocenters. The van der Waals surface area contributed by atoms with E-state index in [9.17, 15) is 9.00 Å². The van der Waals surface area contributed by atoms with Crippen molar-refractivity contribution >= 4 is 16.9 Å². The second-order valence-corrected chi connectivity index (χ2v) is 7.12. The summed E-state index contributed by atoms with van der Waals surface area (Å²) in [6, 6.07) is 0. The first-order valence-corrected chi connectivity index (χ1v) is 8.26. The summed E-state index contributed by atoms with van der Waals surface area (Å²) in [7, 11) is -0.780. The lowest BCUT2D eigenvalue weighted by atomic mass is 10.2.